The number of carbonyl (C=O) groups excluding carboxylic acids is 1. The lowest BCUT2D eigenvalue weighted by molar-refractivity contribution is -0.126. The Bertz CT molecular complexity index is 1130. The number of piperidine rings is 1. The Morgan fingerprint density at radius 3 is 2.47 bits per heavy atom. The second kappa shape index (κ2) is 9.80. The topological polar surface area (TPSA) is 69.7 Å². The molecule has 0 bridgehead atoms. The van der Waals surface area contributed by atoms with E-state index < -0.39 is 10.0 Å². The van der Waals surface area contributed by atoms with Gasteiger partial charge in [-0.15, -0.1) is 0 Å². The first-order valence-corrected chi connectivity index (χ1v) is 14.1. The van der Waals surface area contributed by atoms with Crippen LogP contribution in [0.15, 0.2) is 53.4 Å². The van der Waals surface area contributed by atoms with E-state index in [1.165, 1.54) is 16.7 Å². The molecule has 182 valence electrons. The van der Waals surface area contributed by atoms with Crippen molar-refractivity contribution in [2.45, 2.75) is 62.4 Å². The summed E-state index contributed by atoms with van der Waals surface area (Å²) < 4.78 is 27.9. The van der Waals surface area contributed by atoms with Crippen LogP contribution < -0.4 is 5.32 Å². The molecule has 2 fully saturated rings. The molecule has 0 saturated carbocycles. The van der Waals surface area contributed by atoms with Crippen LogP contribution in [0.2, 0.25) is 0 Å². The van der Waals surface area contributed by atoms with Gasteiger partial charge < -0.3 is 5.32 Å². The van der Waals surface area contributed by atoms with Crippen molar-refractivity contribution < 1.29 is 13.2 Å². The summed E-state index contributed by atoms with van der Waals surface area (Å²) in [6.07, 6.45) is 5.21. The molecule has 34 heavy (non-hydrogen) atoms. The summed E-state index contributed by atoms with van der Waals surface area (Å²) in [7, 11) is -3.50. The Kier molecular flexibility index (Phi) is 6.78. The zero-order valence-electron chi connectivity index (χ0n) is 19.9. The third kappa shape index (κ3) is 4.79. The van der Waals surface area contributed by atoms with Gasteiger partial charge in [-0.3, -0.25) is 9.69 Å². The Balaban J connectivity index is 1.13. The average molecular weight is 482 g/mol. The fourth-order valence-electron chi connectivity index (χ4n) is 5.73. The Hall–Kier alpha value is -2.22. The molecule has 1 aliphatic carbocycles. The predicted octanol–water partition coefficient (Wildman–Crippen LogP) is 3.53. The number of sulfonamides is 1. The van der Waals surface area contributed by atoms with E-state index in [0.29, 0.717) is 36.9 Å². The molecule has 3 aliphatic rings. The normalized spacial score (nSPS) is 23.0. The van der Waals surface area contributed by atoms with E-state index in [2.05, 4.69) is 41.4 Å². The number of rotatable bonds is 6. The highest BCUT2D eigenvalue weighted by Gasteiger charge is 2.34. The number of hydrogen-bond donors (Lipinski definition) is 1. The van der Waals surface area contributed by atoms with E-state index in [-0.39, 0.29) is 17.9 Å². The van der Waals surface area contributed by atoms with Crippen molar-refractivity contribution in [2.75, 3.05) is 26.2 Å². The molecule has 2 unspecified atom stereocenters. The van der Waals surface area contributed by atoms with Gasteiger partial charge in [-0.1, -0.05) is 36.4 Å². The van der Waals surface area contributed by atoms with Crippen molar-refractivity contribution >= 4 is 15.9 Å². The molecule has 1 amide bonds. The van der Waals surface area contributed by atoms with Gasteiger partial charge >= 0.3 is 0 Å². The van der Waals surface area contributed by atoms with E-state index in [4.69, 9.17) is 0 Å². The van der Waals surface area contributed by atoms with E-state index in [9.17, 15) is 13.2 Å². The number of amides is 1. The third-order valence-corrected chi connectivity index (χ3v) is 9.82. The maximum Gasteiger partial charge on any atom is 0.243 e. The van der Waals surface area contributed by atoms with Gasteiger partial charge in [0, 0.05) is 44.2 Å². The predicted molar refractivity (Wildman–Crippen MR) is 133 cm³/mol. The maximum absolute atomic E-state index is 13.2. The molecule has 2 aromatic carbocycles. The summed E-state index contributed by atoms with van der Waals surface area (Å²) in [6, 6.07) is 16.5. The van der Waals surface area contributed by atoms with Crippen molar-refractivity contribution in [3.8, 4) is 0 Å². The van der Waals surface area contributed by atoms with E-state index in [1.54, 1.807) is 10.4 Å². The van der Waals surface area contributed by atoms with Crippen molar-refractivity contribution in [1.82, 2.24) is 14.5 Å². The van der Waals surface area contributed by atoms with Gasteiger partial charge in [-0.25, -0.2) is 8.42 Å². The quantitative estimate of drug-likeness (QED) is 0.685. The number of aryl methyl sites for hydroxylation is 2. The summed E-state index contributed by atoms with van der Waals surface area (Å²) in [4.78, 5) is 15.8. The van der Waals surface area contributed by atoms with Crippen LogP contribution in [0.4, 0.5) is 0 Å². The highest BCUT2D eigenvalue weighted by Crippen LogP contribution is 2.29. The first kappa shape index (κ1) is 23.5. The molecule has 5 rings (SSSR count). The number of benzene rings is 2. The summed E-state index contributed by atoms with van der Waals surface area (Å²) >= 11 is 0. The number of hydrogen-bond acceptors (Lipinski definition) is 4. The molecular weight excluding hydrogens is 446 g/mol. The van der Waals surface area contributed by atoms with Crippen LogP contribution in [0.1, 0.15) is 55.3 Å². The Morgan fingerprint density at radius 2 is 1.71 bits per heavy atom. The van der Waals surface area contributed by atoms with Gasteiger partial charge in [0.15, 0.2) is 0 Å². The molecule has 7 heteroatoms. The molecule has 0 spiro atoms. The molecule has 6 nitrogen and oxygen atoms in total. The van der Waals surface area contributed by atoms with Crippen LogP contribution in [0, 0.1) is 5.92 Å². The Morgan fingerprint density at radius 1 is 0.971 bits per heavy atom. The second-order valence-electron chi connectivity index (χ2n) is 10.0. The standard InChI is InChI=1S/C27H35N3O3S/c1-20(21-6-3-2-4-7-21)29-15-14-25(19-29)28-27(31)23-12-16-30(17-13-23)34(32,33)26-11-10-22-8-5-9-24(22)18-26/h2-4,6-7,10-11,18,20,23,25H,5,8-9,12-17,19H2,1H3,(H,28,31). The van der Waals surface area contributed by atoms with Crippen molar-refractivity contribution in [2.24, 2.45) is 5.92 Å². The van der Waals surface area contributed by atoms with Gasteiger partial charge in [-0.2, -0.15) is 4.31 Å². The lowest BCUT2D eigenvalue weighted by Gasteiger charge is -2.31. The number of nitrogens with zero attached hydrogens (tertiary/aromatic N) is 2. The van der Waals surface area contributed by atoms with Crippen LogP contribution in [0.5, 0.6) is 0 Å². The highest BCUT2D eigenvalue weighted by atomic mass is 32.2. The minimum absolute atomic E-state index is 0.0776. The summed E-state index contributed by atoms with van der Waals surface area (Å²) in [5.74, 6) is -0.0409. The molecular formula is C27H35N3O3S. The molecule has 1 N–H and O–H groups in total. The van der Waals surface area contributed by atoms with Gasteiger partial charge in [-0.05, 0) is 74.3 Å². The molecule has 2 atom stereocenters. The molecule has 2 aromatic rings. The highest BCUT2D eigenvalue weighted by molar-refractivity contribution is 7.89. The molecule has 2 heterocycles. The number of nitrogens with one attached hydrogen (secondary N) is 1. The molecule has 0 aromatic heterocycles. The minimum Gasteiger partial charge on any atom is -0.352 e. The van der Waals surface area contributed by atoms with Gasteiger partial charge in [0.1, 0.15) is 0 Å². The van der Waals surface area contributed by atoms with Crippen molar-refractivity contribution in [3.05, 3.63) is 65.2 Å². The first-order valence-electron chi connectivity index (χ1n) is 12.6. The van der Waals surface area contributed by atoms with Gasteiger partial charge in [0.2, 0.25) is 15.9 Å². The molecule has 0 radical (unpaired) electrons. The van der Waals surface area contributed by atoms with E-state index >= 15 is 0 Å². The van der Waals surface area contributed by atoms with Crippen molar-refractivity contribution in [1.29, 1.82) is 0 Å². The fraction of sp³-hybridized carbons (Fsp3) is 0.519. The Labute approximate surface area is 203 Å². The monoisotopic (exact) mass is 481 g/mol. The van der Waals surface area contributed by atoms with E-state index in [1.807, 2.05) is 18.2 Å². The van der Waals surface area contributed by atoms with Crippen LogP contribution in [0.25, 0.3) is 0 Å². The summed E-state index contributed by atoms with van der Waals surface area (Å²) in [5.41, 5.74) is 3.74. The smallest absolute Gasteiger partial charge is 0.243 e. The van der Waals surface area contributed by atoms with Crippen molar-refractivity contribution in [3.63, 3.8) is 0 Å². The maximum atomic E-state index is 13.2. The fourth-order valence-corrected chi connectivity index (χ4v) is 7.26. The van der Waals surface area contributed by atoms with Gasteiger partial charge in [0.05, 0.1) is 4.90 Å². The van der Waals surface area contributed by atoms with Crippen LogP contribution in [-0.4, -0.2) is 55.8 Å². The number of likely N-dealkylation sites (tertiary alicyclic amines) is 1. The summed E-state index contributed by atoms with van der Waals surface area (Å²) in [6.45, 7) is 4.85. The SMILES string of the molecule is CC(c1ccccc1)N1CCC(NC(=O)C2CCN(S(=O)(=O)c3ccc4c(c3)CCC4)CC2)C1. The average Bonchev–Trinajstić information content (AvgIpc) is 3.53. The molecule has 2 aliphatic heterocycles. The summed E-state index contributed by atoms with van der Waals surface area (Å²) in [5, 5.41) is 3.25. The number of fused-ring (bicyclic) bond motifs is 1. The minimum atomic E-state index is -3.50. The lowest BCUT2D eigenvalue weighted by Crippen LogP contribution is -2.46. The van der Waals surface area contributed by atoms with Crippen LogP contribution in [-0.2, 0) is 27.7 Å². The second-order valence-corrected chi connectivity index (χ2v) is 12.0. The zero-order chi connectivity index (χ0) is 23.7. The third-order valence-electron chi connectivity index (χ3n) is 7.93. The van der Waals surface area contributed by atoms with Crippen LogP contribution in [0.3, 0.4) is 0 Å². The number of carbonyl (C=O) groups is 1. The zero-order valence-corrected chi connectivity index (χ0v) is 20.8. The van der Waals surface area contributed by atoms with Gasteiger partial charge in [0.25, 0.3) is 0 Å². The van der Waals surface area contributed by atoms with Crippen LogP contribution >= 0.6 is 0 Å². The van der Waals surface area contributed by atoms with E-state index in [0.717, 1.165) is 38.8 Å². The largest absolute Gasteiger partial charge is 0.352 e. The first-order chi connectivity index (χ1) is 16.4. The lowest BCUT2D eigenvalue weighted by atomic mass is 9.97. The molecule has 2 saturated heterocycles.